The van der Waals surface area contributed by atoms with Crippen LogP contribution in [-0.4, -0.2) is 7.11 Å². The van der Waals surface area contributed by atoms with Gasteiger partial charge in [0.15, 0.2) is 5.60 Å². The van der Waals surface area contributed by atoms with Gasteiger partial charge >= 0.3 is 0 Å². The quantitative estimate of drug-likeness (QED) is 0.187. The van der Waals surface area contributed by atoms with E-state index in [0.29, 0.717) is 0 Å². The lowest BCUT2D eigenvalue weighted by molar-refractivity contribution is 0.163. The molecule has 1 atom stereocenters. The summed E-state index contributed by atoms with van der Waals surface area (Å²) in [5, 5.41) is 4.96. The van der Waals surface area contributed by atoms with Crippen molar-refractivity contribution in [2.24, 2.45) is 0 Å². The third kappa shape index (κ3) is 4.49. The fraction of sp³-hybridized carbons (Fsp3) is 0.184. The van der Waals surface area contributed by atoms with Crippen molar-refractivity contribution in [3.05, 3.63) is 173 Å². The fourth-order valence-corrected chi connectivity index (χ4v) is 9.66. The molecule has 248 valence electrons. The molecule has 0 amide bonds. The number of methoxy groups -OCH3 is 1. The van der Waals surface area contributed by atoms with Gasteiger partial charge < -0.3 is 9.47 Å². The summed E-state index contributed by atoms with van der Waals surface area (Å²) in [4.78, 5) is 0. The van der Waals surface area contributed by atoms with Crippen molar-refractivity contribution in [2.45, 2.75) is 49.5 Å². The molecule has 2 aliphatic carbocycles. The van der Waals surface area contributed by atoms with Crippen LogP contribution in [0.1, 0.15) is 66.3 Å². The van der Waals surface area contributed by atoms with E-state index in [1.165, 1.54) is 99.0 Å². The highest BCUT2D eigenvalue weighted by molar-refractivity contribution is 6.08. The monoisotopic (exact) mass is 660 g/mol. The van der Waals surface area contributed by atoms with Crippen LogP contribution in [0.2, 0.25) is 0 Å². The summed E-state index contributed by atoms with van der Waals surface area (Å²) >= 11 is 0. The molecule has 0 saturated heterocycles. The molecule has 1 fully saturated rings. The maximum Gasteiger partial charge on any atom is 0.178 e. The molecule has 1 unspecified atom stereocenters. The van der Waals surface area contributed by atoms with Crippen molar-refractivity contribution in [2.75, 3.05) is 7.11 Å². The Morgan fingerprint density at radius 1 is 0.569 bits per heavy atom. The lowest BCUT2D eigenvalue weighted by Crippen LogP contribution is -2.35. The van der Waals surface area contributed by atoms with E-state index in [4.69, 9.17) is 9.47 Å². The normalized spacial score (nSPS) is 18.5. The highest BCUT2D eigenvalue weighted by Crippen LogP contribution is 2.61. The highest BCUT2D eigenvalue weighted by atomic mass is 16.5. The van der Waals surface area contributed by atoms with Crippen LogP contribution in [0.4, 0.5) is 0 Å². The van der Waals surface area contributed by atoms with Crippen LogP contribution in [0.15, 0.2) is 146 Å². The van der Waals surface area contributed by atoms with Gasteiger partial charge in [-0.1, -0.05) is 159 Å². The number of fused-ring (bicyclic) bond motifs is 11. The van der Waals surface area contributed by atoms with E-state index in [1.807, 2.05) is 12.1 Å². The van der Waals surface area contributed by atoms with E-state index >= 15 is 0 Å². The van der Waals surface area contributed by atoms with Crippen molar-refractivity contribution >= 4 is 27.6 Å². The van der Waals surface area contributed by atoms with Crippen molar-refractivity contribution in [1.29, 1.82) is 0 Å². The second-order valence-electron chi connectivity index (χ2n) is 14.6. The molecular weight excluding hydrogens is 621 g/mol. The Morgan fingerprint density at radius 3 is 1.96 bits per heavy atom. The molecule has 0 radical (unpaired) electrons. The standard InChI is InChI=1S/C49H40O2/c1-50-37-27-25-36(26-28-37)49(35-23-21-34(22-24-35)39-19-12-14-33-13-4-5-15-38(33)39)32-29-43-46-45(40-16-6-7-17-41(40)47(43)51-49)42-18-8-9-20-44(42)48(46)30-10-2-3-11-31-48/h4-9,12-29,32H,2-3,10-11,30-31H2,1H3. The molecule has 1 spiro atoms. The minimum absolute atomic E-state index is 0.00946. The molecule has 10 rings (SSSR count). The number of ether oxygens (including phenoxy) is 2. The molecule has 51 heavy (non-hydrogen) atoms. The van der Waals surface area contributed by atoms with E-state index in [2.05, 4.69) is 140 Å². The zero-order valence-electron chi connectivity index (χ0n) is 29.0. The van der Waals surface area contributed by atoms with Crippen LogP contribution in [-0.2, 0) is 11.0 Å². The van der Waals surface area contributed by atoms with Crippen LogP contribution in [0, 0.1) is 0 Å². The molecule has 1 aliphatic heterocycles. The first-order valence-corrected chi connectivity index (χ1v) is 18.5. The van der Waals surface area contributed by atoms with Gasteiger partial charge in [0.25, 0.3) is 0 Å². The summed E-state index contributed by atoms with van der Waals surface area (Å²) in [5.74, 6) is 1.81. The zero-order valence-corrected chi connectivity index (χ0v) is 29.0. The summed E-state index contributed by atoms with van der Waals surface area (Å²) in [5.41, 5.74) is 10.8. The summed E-state index contributed by atoms with van der Waals surface area (Å²) in [7, 11) is 1.72. The van der Waals surface area contributed by atoms with Gasteiger partial charge in [-0.25, -0.2) is 0 Å². The molecule has 2 heteroatoms. The molecule has 0 N–H and O–H groups in total. The van der Waals surface area contributed by atoms with Gasteiger partial charge in [0.05, 0.1) is 7.11 Å². The van der Waals surface area contributed by atoms with Crippen LogP contribution in [0.5, 0.6) is 11.5 Å². The minimum Gasteiger partial charge on any atom is -0.497 e. The summed E-state index contributed by atoms with van der Waals surface area (Å²) in [6.07, 6.45) is 12.2. The van der Waals surface area contributed by atoms with E-state index in [1.54, 1.807) is 7.11 Å². The smallest absolute Gasteiger partial charge is 0.178 e. The van der Waals surface area contributed by atoms with E-state index in [-0.39, 0.29) is 5.41 Å². The van der Waals surface area contributed by atoms with Gasteiger partial charge in [-0.05, 0) is 80.6 Å². The lowest BCUT2D eigenvalue weighted by atomic mass is 9.70. The molecule has 3 aliphatic rings. The topological polar surface area (TPSA) is 18.5 Å². The Labute approximate surface area is 300 Å². The average Bonchev–Trinajstić information content (AvgIpc) is 3.30. The van der Waals surface area contributed by atoms with Crippen molar-refractivity contribution in [1.82, 2.24) is 0 Å². The SMILES string of the molecule is COc1ccc(C2(c3ccc(-c4cccc5ccccc45)cc3)C=Cc3c4c(c5ccccc5c3O2)-c2ccccc2C42CCCCCC2)cc1. The van der Waals surface area contributed by atoms with E-state index in [0.717, 1.165) is 22.6 Å². The van der Waals surface area contributed by atoms with Crippen molar-refractivity contribution in [3.63, 3.8) is 0 Å². The first-order valence-electron chi connectivity index (χ1n) is 18.5. The highest BCUT2D eigenvalue weighted by Gasteiger charge is 2.48. The van der Waals surface area contributed by atoms with E-state index in [9.17, 15) is 0 Å². The van der Waals surface area contributed by atoms with Gasteiger partial charge in [0.1, 0.15) is 11.5 Å². The second-order valence-corrected chi connectivity index (χ2v) is 14.6. The molecule has 7 aromatic carbocycles. The lowest BCUT2D eigenvalue weighted by Gasteiger charge is -2.39. The first kappa shape index (κ1) is 30.2. The first-order chi connectivity index (χ1) is 25.2. The molecular formula is C49H40O2. The largest absolute Gasteiger partial charge is 0.497 e. The van der Waals surface area contributed by atoms with Gasteiger partial charge in [-0.15, -0.1) is 0 Å². The maximum absolute atomic E-state index is 7.66. The van der Waals surface area contributed by atoms with Crippen LogP contribution >= 0.6 is 0 Å². The molecule has 2 nitrogen and oxygen atoms in total. The molecule has 1 heterocycles. The summed E-state index contributed by atoms with van der Waals surface area (Å²) in [6.45, 7) is 0. The maximum atomic E-state index is 7.66. The number of hydrogen-bond donors (Lipinski definition) is 0. The van der Waals surface area contributed by atoms with Gasteiger partial charge in [0.2, 0.25) is 0 Å². The predicted octanol–water partition coefficient (Wildman–Crippen LogP) is 12.6. The predicted molar refractivity (Wildman–Crippen MR) is 211 cm³/mol. The Bertz CT molecular complexity index is 2470. The Hall–Kier alpha value is -5.60. The summed E-state index contributed by atoms with van der Waals surface area (Å²) < 4.78 is 13.3. The second kappa shape index (κ2) is 11.7. The van der Waals surface area contributed by atoms with Gasteiger partial charge in [0, 0.05) is 27.5 Å². The Balaban J connectivity index is 1.20. The molecule has 1 saturated carbocycles. The Kier molecular flexibility index (Phi) is 6.96. The number of rotatable bonds is 4. The number of benzene rings is 7. The van der Waals surface area contributed by atoms with Crippen LogP contribution in [0.3, 0.4) is 0 Å². The molecule has 0 aromatic heterocycles. The van der Waals surface area contributed by atoms with Crippen LogP contribution in [0.25, 0.3) is 49.9 Å². The number of hydrogen-bond acceptors (Lipinski definition) is 2. The molecule has 7 aromatic rings. The molecule has 0 bridgehead atoms. The average molecular weight is 661 g/mol. The minimum atomic E-state index is -0.838. The fourth-order valence-electron chi connectivity index (χ4n) is 9.66. The third-order valence-corrected chi connectivity index (χ3v) is 12.0. The van der Waals surface area contributed by atoms with Gasteiger partial charge in [-0.3, -0.25) is 0 Å². The van der Waals surface area contributed by atoms with E-state index < -0.39 is 5.60 Å². The van der Waals surface area contributed by atoms with Crippen molar-refractivity contribution < 1.29 is 9.47 Å². The van der Waals surface area contributed by atoms with Crippen LogP contribution < -0.4 is 9.47 Å². The third-order valence-electron chi connectivity index (χ3n) is 12.0. The Morgan fingerprint density at radius 2 is 1.20 bits per heavy atom. The zero-order chi connectivity index (χ0) is 34.0. The van der Waals surface area contributed by atoms with Crippen molar-refractivity contribution in [3.8, 4) is 33.8 Å². The summed E-state index contributed by atoms with van der Waals surface area (Å²) in [6, 6.07) is 50.8. The van der Waals surface area contributed by atoms with Gasteiger partial charge in [-0.2, -0.15) is 0 Å².